The molecule has 0 radical (unpaired) electrons. The molecule has 9 heteroatoms. The van der Waals surface area contributed by atoms with Crippen LogP contribution in [0.25, 0.3) is 0 Å². The number of carbonyl (C=O) groups excluding carboxylic acids is 2. The van der Waals surface area contributed by atoms with E-state index in [1.807, 2.05) is 5.38 Å². The molecule has 2 aromatic rings. The lowest BCUT2D eigenvalue weighted by Gasteiger charge is -2.09. The number of benzene rings is 1. The van der Waals surface area contributed by atoms with Crippen LogP contribution in [0.5, 0.6) is 0 Å². The van der Waals surface area contributed by atoms with Crippen molar-refractivity contribution in [3.8, 4) is 0 Å². The molecule has 0 unspecified atom stereocenters. The van der Waals surface area contributed by atoms with Gasteiger partial charge in [-0.2, -0.15) is 13.2 Å². The first-order valence-corrected chi connectivity index (χ1v) is 9.52. The summed E-state index contributed by atoms with van der Waals surface area (Å²) in [6.07, 6.45) is -3.52. The van der Waals surface area contributed by atoms with Crippen molar-refractivity contribution in [3.05, 3.63) is 57.8 Å². The molecule has 0 fully saturated rings. The Morgan fingerprint density at radius 1 is 1.04 bits per heavy atom. The largest absolute Gasteiger partial charge is 0.411 e. The summed E-state index contributed by atoms with van der Waals surface area (Å²) < 4.78 is 40.7. The summed E-state index contributed by atoms with van der Waals surface area (Å²) in [4.78, 5) is 24.2. The van der Waals surface area contributed by atoms with Gasteiger partial charge in [-0.05, 0) is 29.0 Å². The fourth-order valence-corrected chi connectivity index (χ4v) is 2.91. The van der Waals surface area contributed by atoms with Crippen LogP contribution in [0, 0.1) is 0 Å². The fraction of sp³-hybridized carbons (Fsp3) is 0.368. The number of alkyl halides is 3. The highest BCUT2D eigenvalue weighted by Crippen LogP contribution is 2.16. The van der Waals surface area contributed by atoms with E-state index in [1.54, 1.807) is 36.4 Å². The van der Waals surface area contributed by atoms with Gasteiger partial charge < -0.3 is 15.4 Å². The molecule has 0 aliphatic carbocycles. The highest BCUT2D eigenvalue weighted by molar-refractivity contribution is 7.12. The first-order chi connectivity index (χ1) is 13.3. The summed E-state index contributed by atoms with van der Waals surface area (Å²) in [7, 11) is 0. The lowest BCUT2D eigenvalue weighted by molar-refractivity contribution is -0.176. The molecule has 0 bridgehead atoms. The molecule has 0 aliphatic rings. The van der Waals surface area contributed by atoms with Crippen LogP contribution in [0.1, 0.15) is 33.6 Å². The zero-order valence-electron chi connectivity index (χ0n) is 15.1. The standard InChI is InChI=1S/C19H21F3N2O3S/c20-19(21,22)13-27-12-15-7-5-14(6-8-15)11-24-17(25)4-1-9-23-18(26)16-3-2-10-28-16/h2-3,5-8,10H,1,4,9,11-13H2,(H,23,26)(H,24,25). The van der Waals surface area contributed by atoms with Crippen LogP contribution in [-0.4, -0.2) is 31.1 Å². The molecule has 0 saturated carbocycles. The van der Waals surface area contributed by atoms with Crippen molar-refractivity contribution < 1.29 is 27.5 Å². The van der Waals surface area contributed by atoms with Gasteiger partial charge in [0.1, 0.15) is 6.61 Å². The van der Waals surface area contributed by atoms with Crippen molar-refractivity contribution in [1.82, 2.24) is 10.6 Å². The van der Waals surface area contributed by atoms with Gasteiger partial charge in [0.25, 0.3) is 5.91 Å². The molecular formula is C19H21F3N2O3S. The molecule has 0 aliphatic heterocycles. The van der Waals surface area contributed by atoms with Crippen LogP contribution in [0.4, 0.5) is 13.2 Å². The molecule has 0 atom stereocenters. The molecule has 2 amide bonds. The van der Waals surface area contributed by atoms with E-state index in [4.69, 9.17) is 0 Å². The van der Waals surface area contributed by atoms with Crippen molar-refractivity contribution in [2.24, 2.45) is 0 Å². The van der Waals surface area contributed by atoms with E-state index in [0.717, 1.165) is 5.56 Å². The van der Waals surface area contributed by atoms with E-state index in [2.05, 4.69) is 15.4 Å². The van der Waals surface area contributed by atoms with Crippen LogP contribution in [0.3, 0.4) is 0 Å². The molecule has 152 valence electrons. The Balaban J connectivity index is 1.59. The number of halogens is 3. The number of thiophene rings is 1. The van der Waals surface area contributed by atoms with E-state index in [1.165, 1.54) is 11.3 Å². The van der Waals surface area contributed by atoms with Gasteiger partial charge in [-0.1, -0.05) is 30.3 Å². The topological polar surface area (TPSA) is 67.4 Å². The summed E-state index contributed by atoms with van der Waals surface area (Å²) in [5, 5.41) is 7.35. The van der Waals surface area contributed by atoms with Crippen molar-refractivity contribution >= 4 is 23.2 Å². The Bertz CT molecular complexity index is 747. The molecule has 0 saturated heterocycles. The van der Waals surface area contributed by atoms with Crippen LogP contribution >= 0.6 is 11.3 Å². The Morgan fingerprint density at radius 2 is 1.75 bits per heavy atom. The maximum absolute atomic E-state index is 12.0. The van der Waals surface area contributed by atoms with Gasteiger partial charge in [-0.3, -0.25) is 9.59 Å². The van der Waals surface area contributed by atoms with Gasteiger partial charge in [-0.25, -0.2) is 0 Å². The second kappa shape index (κ2) is 10.8. The molecule has 0 spiro atoms. The normalized spacial score (nSPS) is 11.2. The second-order valence-electron chi connectivity index (χ2n) is 6.04. The minimum Gasteiger partial charge on any atom is -0.367 e. The first kappa shape index (κ1) is 21.9. The van der Waals surface area contributed by atoms with Crippen LogP contribution in [0.15, 0.2) is 41.8 Å². The first-order valence-electron chi connectivity index (χ1n) is 8.64. The van der Waals surface area contributed by atoms with E-state index >= 15 is 0 Å². The Morgan fingerprint density at radius 3 is 2.39 bits per heavy atom. The van der Waals surface area contributed by atoms with Gasteiger partial charge in [-0.15, -0.1) is 11.3 Å². The van der Waals surface area contributed by atoms with Gasteiger partial charge in [0, 0.05) is 19.5 Å². The molecular weight excluding hydrogens is 393 g/mol. The maximum Gasteiger partial charge on any atom is 0.411 e. The van der Waals surface area contributed by atoms with Crippen molar-refractivity contribution in [2.75, 3.05) is 13.2 Å². The van der Waals surface area contributed by atoms with Crippen molar-refractivity contribution in [2.45, 2.75) is 32.2 Å². The summed E-state index contributed by atoms with van der Waals surface area (Å²) in [6, 6.07) is 10.3. The number of carbonyl (C=O) groups is 2. The average molecular weight is 414 g/mol. The van der Waals surface area contributed by atoms with Gasteiger partial charge in [0.05, 0.1) is 11.5 Å². The van der Waals surface area contributed by atoms with E-state index in [-0.39, 0.29) is 24.8 Å². The van der Waals surface area contributed by atoms with Crippen LogP contribution < -0.4 is 10.6 Å². The third kappa shape index (κ3) is 8.53. The van der Waals surface area contributed by atoms with Crippen molar-refractivity contribution in [1.29, 1.82) is 0 Å². The lowest BCUT2D eigenvalue weighted by atomic mass is 10.1. The van der Waals surface area contributed by atoms with Gasteiger partial charge in [0.2, 0.25) is 5.91 Å². The summed E-state index contributed by atoms with van der Waals surface area (Å²) in [6.45, 7) is -0.664. The zero-order chi connectivity index (χ0) is 20.4. The second-order valence-corrected chi connectivity index (χ2v) is 6.99. The van der Waals surface area contributed by atoms with Gasteiger partial charge in [0.15, 0.2) is 0 Å². The molecule has 2 N–H and O–H groups in total. The smallest absolute Gasteiger partial charge is 0.367 e. The number of amides is 2. The van der Waals surface area contributed by atoms with Crippen LogP contribution in [0.2, 0.25) is 0 Å². The van der Waals surface area contributed by atoms with Gasteiger partial charge >= 0.3 is 6.18 Å². The summed E-state index contributed by atoms with van der Waals surface area (Å²) in [5.74, 6) is -0.280. The molecule has 1 aromatic carbocycles. The Kier molecular flexibility index (Phi) is 8.46. The third-order valence-electron chi connectivity index (χ3n) is 3.66. The fourth-order valence-electron chi connectivity index (χ4n) is 2.27. The molecule has 1 aromatic heterocycles. The van der Waals surface area contributed by atoms with E-state index < -0.39 is 12.8 Å². The predicted octanol–water partition coefficient (Wildman–Crippen LogP) is 3.65. The minimum absolute atomic E-state index is 0.122. The molecule has 2 rings (SSSR count). The Labute approximate surface area is 164 Å². The number of nitrogens with one attached hydrogen (secondary N) is 2. The number of ether oxygens (including phenoxy) is 1. The SMILES string of the molecule is O=C(CCCNC(=O)c1cccs1)NCc1ccc(COCC(F)(F)F)cc1. The van der Waals surface area contributed by atoms with E-state index in [9.17, 15) is 22.8 Å². The monoisotopic (exact) mass is 414 g/mol. The molecule has 28 heavy (non-hydrogen) atoms. The van der Waals surface area contributed by atoms with E-state index in [0.29, 0.717) is 30.0 Å². The molecule has 1 heterocycles. The number of rotatable bonds is 10. The summed E-state index contributed by atoms with van der Waals surface area (Å²) in [5.41, 5.74) is 1.46. The highest BCUT2D eigenvalue weighted by Gasteiger charge is 2.27. The highest BCUT2D eigenvalue weighted by atomic mass is 32.1. The lowest BCUT2D eigenvalue weighted by Crippen LogP contribution is -2.26. The predicted molar refractivity (Wildman–Crippen MR) is 99.9 cm³/mol. The van der Waals surface area contributed by atoms with Crippen molar-refractivity contribution in [3.63, 3.8) is 0 Å². The summed E-state index contributed by atoms with van der Waals surface area (Å²) >= 11 is 1.36. The third-order valence-corrected chi connectivity index (χ3v) is 4.53. The minimum atomic E-state index is -4.34. The molecule has 5 nitrogen and oxygen atoms in total. The Hall–Kier alpha value is -2.39. The maximum atomic E-state index is 12.0. The zero-order valence-corrected chi connectivity index (χ0v) is 15.9. The average Bonchev–Trinajstić information content (AvgIpc) is 3.18. The number of hydrogen-bond donors (Lipinski definition) is 2. The quantitative estimate of drug-likeness (QED) is 0.583. The van der Waals surface area contributed by atoms with Crippen LogP contribution in [-0.2, 0) is 22.7 Å². The number of hydrogen-bond acceptors (Lipinski definition) is 4.